The molecule has 4 heteroatoms. The normalized spacial score (nSPS) is 32.4. The Bertz CT molecular complexity index is 275. The highest BCUT2D eigenvalue weighted by atomic mass is 16.5. The van der Waals surface area contributed by atoms with Gasteiger partial charge in [0.25, 0.3) is 0 Å². The van der Waals surface area contributed by atoms with Crippen molar-refractivity contribution < 1.29 is 9.53 Å². The van der Waals surface area contributed by atoms with E-state index in [-0.39, 0.29) is 12.1 Å². The van der Waals surface area contributed by atoms with Crippen molar-refractivity contribution in [2.45, 2.75) is 70.4 Å². The zero-order chi connectivity index (χ0) is 13.5. The lowest BCUT2D eigenvalue weighted by Gasteiger charge is -2.29. The number of carbonyl (C=O) groups excluding carboxylic acids is 1. The van der Waals surface area contributed by atoms with E-state index in [2.05, 4.69) is 17.6 Å². The Morgan fingerprint density at radius 2 is 1.84 bits per heavy atom. The molecule has 19 heavy (non-hydrogen) atoms. The first-order valence-corrected chi connectivity index (χ1v) is 7.92. The first-order valence-electron chi connectivity index (χ1n) is 7.92. The third-order valence-corrected chi connectivity index (χ3v) is 4.48. The van der Waals surface area contributed by atoms with Crippen molar-refractivity contribution in [3.8, 4) is 0 Å². The van der Waals surface area contributed by atoms with Crippen LogP contribution in [0.3, 0.4) is 0 Å². The summed E-state index contributed by atoms with van der Waals surface area (Å²) in [6.07, 6.45) is 9.13. The highest BCUT2D eigenvalue weighted by molar-refractivity contribution is 5.74. The molecule has 1 saturated heterocycles. The molecule has 0 aromatic carbocycles. The number of nitrogens with one attached hydrogen (secondary N) is 2. The molecule has 2 amide bonds. The lowest BCUT2D eigenvalue weighted by Crippen LogP contribution is -2.47. The number of hydrogen-bond donors (Lipinski definition) is 2. The zero-order valence-corrected chi connectivity index (χ0v) is 12.1. The third-order valence-electron chi connectivity index (χ3n) is 4.48. The molecule has 0 aromatic rings. The molecular weight excluding hydrogens is 240 g/mol. The van der Waals surface area contributed by atoms with Gasteiger partial charge in [-0.2, -0.15) is 0 Å². The van der Waals surface area contributed by atoms with Crippen molar-refractivity contribution in [2.75, 3.05) is 13.2 Å². The van der Waals surface area contributed by atoms with Gasteiger partial charge in [-0.3, -0.25) is 0 Å². The van der Waals surface area contributed by atoms with Crippen LogP contribution in [0.2, 0.25) is 0 Å². The standard InChI is InChI=1S/C15H28N2O2/c1-2-12-5-3-6-14(11-12)17-15(18)16-13-7-4-9-19-10-8-13/h12-14H,2-11H2,1H3,(H2,16,17,18). The van der Waals surface area contributed by atoms with Crippen LogP contribution in [-0.4, -0.2) is 31.3 Å². The molecule has 0 spiro atoms. The number of urea groups is 1. The molecule has 2 N–H and O–H groups in total. The Balaban J connectivity index is 1.70. The Labute approximate surface area is 116 Å². The molecule has 3 unspecified atom stereocenters. The van der Waals surface area contributed by atoms with Crippen molar-refractivity contribution in [2.24, 2.45) is 5.92 Å². The second kappa shape index (κ2) is 7.73. The van der Waals surface area contributed by atoms with Crippen molar-refractivity contribution >= 4 is 6.03 Å². The molecule has 3 atom stereocenters. The summed E-state index contributed by atoms with van der Waals surface area (Å²) in [7, 11) is 0. The van der Waals surface area contributed by atoms with Gasteiger partial charge in [0.05, 0.1) is 0 Å². The summed E-state index contributed by atoms with van der Waals surface area (Å²) in [6, 6.07) is 0.683. The van der Waals surface area contributed by atoms with Gasteiger partial charge >= 0.3 is 6.03 Å². The molecule has 0 bridgehead atoms. The number of carbonyl (C=O) groups is 1. The van der Waals surface area contributed by atoms with E-state index in [0.29, 0.717) is 6.04 Å². The van der Waals surface area contributed by atoms with Crippen molar-refractivity contribution in [1.29, 1.82) is 0 Å². The molecule has 1 aliphatic heterocycles. The summed E-state index contributed by atoms with van der Waals surface area (Å²) in [5.41, 5.74) is 0. The van der Waals surface area contributed by atoms with Crippen LogP contribution in [0.1, 0.15) is 58.3 Å². The molecule has 1 aliphatic carbocycles. The summed E-state index contributed by atoms with van der Waals surface area (Å²) in [5.74, 6) is 0.797. The summed E-state index contributed by atoms with van der Waals surface area (Å²) < 4.78 is 5.41. The first kappa shape index (κ1) is 14.6. The van der Waals surface area contributed by atoms with E-state index in [1.54, 1.807) is 0 Å². The minimum atomic E-state index is 0.0219. The van der Waals surface area contributed by atoms with Gasteiger partial charge in [0.2, 0.25) is 0 Å². The second-order valence-electron chi connectivity index (χ2n) is 6.00. The SMILES string of the molecule is CCC1CCCC(NC(=O)NC2CCCOCC2)C1. The van der Waals surface area contributed by atoms with Gasteiger partial charge in [0.15, 0.2) is 0 Å². The fourth-order valence-corrected chi connectivity index (χ4v) is 3.25. The molecule has 0 radical (unpaired) electrons. The maximum atomic E-state index is 12.0. The number of ether oxygens (including phenoxy) is 1. The lowest BCUT2D eigenvalue weighted by molar-refractivity contribution is 0.142. The number of amides is 2. The van der Waals surface area contributed by atoms with E-state index in [4.69, 9.17) is 4.74 Å². The predicted octanol–water partition coefficient (Wildman–Crippen LogP) is 2.82. The van der Waals surface area contributed by atoms with E-state index in [1.807, 2.05) is 0 Å². The van der Waals surface area contributed by atoms with Crippen LogP contribution in [0, 0.1) is 5.92 Å². The summed E-state index contributed by atoms with van der Waals surface area (Å²) >= 11 is 0. The monoisotopic (exact) mass is 268 g/mol. The summed E-state index contributed by atoms with van der Waals surface area (Å²) in [6.45, 7) is 3.85. The largest absolute Gasteiger partial charge is 0.381 e. The third kappa shape index (κ3) is 5.01. The van der Waals surface area contributed by atoms with Crippen molar-refractivity contribution in [1.82, 2.24) is 10.6 Å². The van der Waals surface area contributed by atoms with E-state index < -0.39 is 0 Å². The lowest BCUT2D eigenvalue weighted by atomic mass is 9.84. The second-order valence-corrected chi connectivity index (χ2v) is 6.00. The fourth-order valence-electron chi connectivity index (χ4n) is 3.25. The molecule has 1 heterocycles. The van der Waals surface area contributed by atoms with Crippen LogP contribution in [0.4, 0.5) is 4.79 Å². The van der Waals surface area contributed by atoms with Gasteiger partial charge in [-0.1, -0.05) is 26.2 Å². The minimum Gasteiger partial charge on any atom is -0.381 e. The van der Waals surface area contributed by atoms with Gasteiger partial charge in [-0.15, -0.1) is 0 Å². The van der Waals surface area contributed by atoms with Gasteiger partial charge < -0.3 is 15.4 Å². The Morgan fingerprint density at radius 1 is 1.05 bits per heavy atom. The predicted molar refractivity (Wildman–Crippen MR) is 76.2 cm³/mol. The summed E-state index contributed by atoms with van der Waals surface area (Å²) in [4.78, 5) is 12.0. The van der Waals surface area contributed by atoms with Gasteiger partial charge in [0.1, 0.15) is 0 Å². The highest BCUT2D eigenvalue weighted by Crippen LogP contribution is 2.26. The zero-order valence-electron chi connectivity index (χ0n) is 12.1. The number of hydrogen-bond acceptors (Lipinski definition) is 2. The van der Waals surface area contributed by atoms with E-state index in [0.717, 1.165) is 51.2 Å². The van der Waals surface area contributed by atoms with Crippen molar-refractivity contribution in [3.05, 3.63) is 0 Å². The van der Waals surface area contributed by atoms with Crippen LogP contribution in [0.25, 0.3) is 0 Å². The average molecular weight is 268 g/mol. The minimum absolute atomic E-state index is 0.0219. The van der Waals surface area contributed by atoms with Crippen LogP contribution in [0.15, 0.2) is 0 Å². The average Bonchev–Trinajstić information content (AvgIpc) is 2.67. The Morgan fingerprint density at radius 3 is 2.68 bits per heavy atom. The molecule has 4 nitrogen and oxygen atoms in total. The molecule has 1 saturated carbocycles. The molecule has 2 fully saturated rings. The topological polar surface area (TPSA) is 50.4 Å². The van der Waals surface area contributed by atoms with E-state index in [1.165, 1.54) is 19.3 Å². The summed E-state index contributed by atoms with van der Waals surface area (Å²) in [5, 5.41) is 6.27. The van der Waals surface area contributed by atoms with Crippen LogP contribution < -0.4 is 10.6 Å². The molecule has 110 valence electrons. The van der Waals surface area contributed by atoms with E-state index >= 15 is 0 Å². The maximum Gasteiger partial charge on any atom is 0.315 e. The van der Waals surface area contributed by atoms with Crippen LogP contribution in [0.5, 0.6) is 0 Å². The maximum absolute atomic E-state index is 12.0. The fraction of sp³-hybridized carbons (Fsp3) is 0.933. The van der Waals surface area contributed by atoms with E-state index in [9.17, 15) is 4.79 Å². The Kier molecular flexibility index (Phi) is 5.95. The quantitative estimate of drug-likeness (QED) is 0.827. The number of rotatable bonds is 3. The Hall–Kier alpha value is -0.770. The van der Waals surface area contributed by atoms with Gasteiger partial charge in [0, 0.05) is 25.3 Å². The molecule has 2 aliphatic rings. The first-order chi connectivity index (χ1) is 9.28. The van der Waals surface area contributed by atoms with Gasteiger partial charge in [-0.25, -0.2) is 4.79 Å². The smallest absolute Gasteiger partial charge is 0.315 e. The van der Waals surface area contributed by atoms with Gasteiger partial charge in [-0.05, 0) is 38.0 Å². The highest BCUT2D eigenvalue weighted by Gasteiger charge is 2.23. The molecular formula is C15H28N2O2. The molecule has 0 aromatic heterocycles. The van der Waals surface area contributed by atoms with Crippen LogP contribution in [-0.2, 0) is 4.74 Å². The van der Waals surface area contributed by atoms with Crippen molar-refractivity contribution in [3.63, 3.8) is 0 Å². The van der Waals surface area contributed by atoms with Crippen LogP contribution >= 0.6 is 0 Å². The molecule has 2 rings (SSSR count).